The molecule has 0 atom stereocenters. The summed E-state index contributed by atoms with van der Waals surface area (Å²) in [6.07, 6.45) is 0. The molecule has 0 radical (unpaired) electrons. The van der Waals surface area contributed by atoms with Gasteiger partial charge in [0, 0.05) is 0 Å². The minimum Gasteiger partial charge on any atom is -0.0622 e. The van der Waals surface area contributed by atoms with Crippen LogP contribution in [-0.2, 0) is 18.1 Å². The average molecular weight is 335 g/mol. The molecule has 0 bridgehead atoms. The van der Waals surface area contributed by atoms with Gasteiger partial charge in [0.25, 0.3) is 0 Å². The maximum absolute atomic E-state index is 2.27. The Hall–Kier alpha value is -1.91. The van der Waals surface area contributed by atoms with E-state index in [4.69, 9.17) is 0 Å². The second-order valence-electron chi connectivity index (χ2n) is 5.94. The van der Waals surface area contributed by atoms with Crippen molar-refractivity contribution in [2.75, 3.05) is 0 Å². The van der Waals surface area contributed by atoms with Crippen LogP contribution in [0.5, 0.6) is 0 Å². The molecule has 0 aromatic heterocycles. The lowest BCUT2D eigenvalue weighted by Gasteiger charge is -2.16. The van der Waals surface area contributed by atoms with Crippen LogP contribution in [0.3, 0.4) is 0 Å². The van der Waals surface area contributed by atoms with Crippen LogP contribution >= 0.6 is 0 Å². The highest BCUT2D eigenvalue weighted by Crippen LogP contribution is 2.13. The minimum absolute atomic E-state index is 0. The summed E-state index contributed by atoms with van der Waals surface area (Å²) in [5.41, 5.74) is 4.48. The van der Waals surface area contributed by atoms with Crippen molar-refractivity contribution in [1.82, 2.24) is 0 Å². The van der Waals surface area contributed by atoms with E-state index in [9.17, 15) is 0 Å². The smallest absolute Gasteiger partial charge is 0.0501 e. The molecule has 0 aliphatic carbocycles. The first-order valence-electron chi connectivity index (χ1n) is 8.02. The lowest BCUT2D eigenvalue weighted by Crippen LogP contribution is -2.24. The molecular formula is C21H26Si2. The largest absolute Gasteiger partial charge is 0.0622 e. The van der Waals surface area contributed by atoms with E-state index in [1.807, 2.05) is 0 Å². The van der Waals surface area contributed by atoms with Gasteiger partial charge in [0.1, 0.15) is 0 Å². The molecule has 0 unspecified atom stereocenters. The average Bonchev–Trinajstić information content (AvgIpc) is 2.57. The number of rotatable bonds is 6. The van der Waals surface area contributed by atoms with E-state index in [2.05, 4.69) is 91.0 Å². The zero-order chi connectivity index (χ0) is 15.0. The summed E-state index contributed by atoms with van der Waals surface area (Å²) in [5.74, 6) is 0. The Morgan fingerprint density at radius 1 is 0.435 bits per heavy atom. The molecule has 3 rings (SSSR count). The highest BCUT2D eigenvalue weighted by molar-refractivity contribution is 6.57. The van der Waals surface area contributed by atoms with Gasteiger partial charge in [0.05, 0.1) is 8.80 Å². The van der Waals surface area contributed by atoms with Crippen LogP contribution in [0.1, 0.15) is 16.7 Å². The molecule has 3 aromatic rings. The Kier molecular flexibility index (Phi) is 7.04. The molecule has 0 fully saturated rings. The Morgan fingerprint density at radius 3 is 0.957 bits per heavy atom. The van der Waals surface area contributed by atoms with Gasteiger partial charge in [-0.05, 0) is 29.1 Å². The Balaban J connectivity index is 0.00000192. The van der Waals surface area contributed by atoms with Crippen molar-refractivity contribution >= 4 is 19.8 Å². The molecule has 0 nitrogen and oxygen atoms in total. The first-order valence-corrected chi connectivity index (χ1v) is 10.5. The van der Waals surface area contributed by atoms with Gasteiger partial charge < -0.3 is 0 Å². The summed E-state index contributed by atoms with van der Waals surface area (Å²) in [5, 5.41) is 0. The lowest BCUT2D eigenvalue weighted by molar-refractivity contribution is 1.19. The zero-order valence-corrected chi connectivity index (χ0v) is 14.0. The standard InChI is InChI=1S/C21H22Si.H4Si/c1-4-10-19(11-5-1)16-22(17-20-12-6-2-7-13-20)18-21-14-8-3-9-15-21;/h1-15,22H,16-18H2;1H4. The second-order valence-corrected chi connectivity index (χ2v) is 8.89. The number of benzene rings is 3. The van der Waals surface area contributed by atoms with Crippen molar-refractivity contribution < 1.29 is 0 Å². The van der Waals surface area contributed by atoms with E-state index >= 15 is 0 Å². The molecule has 0 heterocycles. The SMILES string of the molecule is [SiH4].c1ccc(C[SiH](Cc2ccccc2)Cc2ccccc2)cc1. The number of hydrogen-bond acceptors (Lipinski definition) is 0. The third-order valence-corrected chi connectivity index (χ3v) is 7.25. The van der Waals surface area contributed by atoms with Gasteiger partial charge in [-0.3, -0.25) is 0 Å². The molecule has 0 aliphatic heterocycles. The summed E-state index contributed by atoms with van der Waals surface area (Å²) < 4.78 is 0. The summed E-state index contributed by atoms with van der Waals surface area (Å²) >= 11 is 0. The molecule has 118 valence electrons. The first-order chi connectivity index (χ1) is 10.9. The highest BCUT2D eigenvalue weighted by Gasteiger charge is 2.13. The number of hydrogen-bond donors (Lipinski definition) is 0. The van der Waals surface area contributed by atoms with Crippen LogP contribution in [0.2, 0.25) is 0 Å². The zero-order valence-electron chi connectivity index (χ0n) is 12.9. The van der Waals surface area contributed by atoms with E-state index in [0.29, 0.717) is 0 Å². The van der Waals surface area contributed by atoms with Crippen LogP contribution in [0.15, 0.2) is 91.0 Å². The van der Waals surface area contributed by atoms with Crippen LogP contribution in [0.25, 0.3) is 0 Å². The fourth-order valence-corrected chi connectivity index (χ4v) is 6.31. The van der Waals surface area contributed by atoms with Gasteiger partial charge in [-0.1, -0.05) is 108 Å². The Morgan fingerprint density at radius 2 is 0.696 bits per heavy atom. The van der Waals surface area contributed by atoms with Gasteiger partial charge in [-0.15, -0.1) is 0 Å². The molecule has 23 heavy (non-hydrogen) atoms. The first kappa shape index (κ1) is 17.4. The molecule has 2 heteroatoms. The van der Waals surface area contributed by atoms with Crippen LogP contribution in [-0.4, -0.2) is 19.8 Å². The van der Waals surface area contributed by atoms with E-state index in [0.717, 1.165) is 0 Å². The molecular weight excluding hydrogens is 308 g/mol. The lowest BCUT2D eigenvalue weighted by atomic mass is 10.2. The van der Waals surface area contributed by atoms with Gasteiger partial charge in [-0.25, -0.2) is 0 Å². The normalized spacial score (nSPS) is 10.3. The van der Waals surface area contributed by atoms with E-state index in [-0.39, 0.29) is 11.0 Å². The predicted octanol–water partition coefficient (Wildman–Crippen LogP) is 3.11. The van der Waals surface area contributed by atoms with Crippen molar-refractivity contribution in [3.05, 3.63) is 108 Å². The van der Waals surface area contributed by atoms with Gasteiger partial charge in [0.2, 0.25) is 0 Å². The molecule has 0 saturated carbocycles. The maximum atomic E-state index is 2.27. The summed E-state index contributed by atoms with van der Waals surface area (Å²) in [7, 11) is -0.914. The third-order valence-electron chi connectivity index (χ3n) is 4.10. The minimum atomic E-state index is -0.914. The maximum Gasteiger partial charge on any atom is 0.0501 e. The predicted molar refractivity (Wildman–Crippen MR) is 109 cm³/mol. The van der Waals surface area contributed by atoms with Crippen LogP contribution in [0.4, 0.5) is 0 Å². The molecule has 0 amide bonds. The van der Waals surface area contributed by atoms with Gasteiger partial charge in [0.15, 0.2) is 0 Å². The Labute approximate surface area is 145 Å². The van der Waals surface area contributed by atoms with Gasteiger partial charge >= 0.3 is 0 Å². The van der Waals surface area contributed by atoms with Crippen molar-refractivity contribution in [2.24, 2.45) is 0 Å². The van der Waals surface area contributed by atoms with Crippen molar-refractivity contribution in [1.29, 1.82) is 0 Å². The van der Waals surface area contributed by atoms with E-state index in [1.54, 1.807) is 0 Å². The summed E-state index contributed by atoms with van der Waals surface area (Å²) in [6, 6.07) is 36.7. The molecule has 0 saturated heterocycles. The van der Waals surface area contributed by atoms with Gasteiger partial charge in [-0.2, -0.15) is 0 Å². The van der Waals surface area contributed by atoms with Crippen molar-refractivity contribution in [3.8, 4) is 0 Å². The third kappa shape index (κ3) is 5.66. The fraction of sp³-hybridized carbons (Fsp3) is 0.143. The molecule has 0 spiro atoms. The molecule has 0 N–H and O–H groups in total. The van der Waals surface area contributed by atoms with E-state index < -0.39 is 8.80 Å². The van der Waals surface area contributed by atoms with Crippen molar-refractivity contribution in [3.63, 3.8) is 0 Å². The summed E-state index contributed by atoms with van der Waals surface area (Å²) in [4.78, 5) is 0. The van der Waals surface area contributed by atoms with Crippen LogP contribution < -0.4 is 0 Å². The summed E-state index contributed by atoms with van der Waals surface area (Å²) in [6.45, 7) is 0. The topological polar surface area (TPSA) is 0 Å². The van der Waals surface area contributed by atoms with Crippen LogP contribution in [0, 0.1) is 0 Å². The van der Waals surface area contributed by atoms with Crippen molar-refractivity contribution in [2.45, 2.75) is 18.1 Å². The second kappa shape index (κ2) is 9.28. The fourth-order valence-electron chi connectivity index (χ4n) is 3.06. The van der Waals surface area contributed by atoms with E-state index in [1.165, 1.54) is 34.8 Å². The monoisotopic (exact) mass is 334 g/mol. The highest BCUT2D eigenvalue weighted by atomic mass is 28.3. The quantitative estimate of drug-likeness (QED) is 0.608. The Bertz CT molecular complexity index is 567. The molecule has 3 aromatic carbocycles. The molecule has 0 aliphatic rings.